The topological polar surface area (TPSA) is 81.4 Å². The molecule has 5 heteroatoms. The lowest BCUT2D eigenvalue weighted by molar-refractivity contribution is -0.152. The minimum absolute atomic E-state index is 0.112. The van der Waals surface area contributed by atoms with Crippen LogP contribution in [0.15, 0.2) is 0 Å². The van der Waals surface area contributed by atoms with Gasteiger partial charge in [0.25, 0.3) is 0 Å². The van der Waals surface area contributed by atoms with Crippen molar-refractivity contribution in [3.05, 3.63) is 0 Å². The predicted molar refractivity (Wildman–Crippen MR) is 43.3 cm³/mol. The van der Waals surface area contributed by atoms with Gasteiger partial charge < -0.3 is 15.8 Å². The molecule has 0 saturated heterocycles. The first kappa shape index (κ1) is 10.9. The molecule has 0 rings (SSSR count). The number of carbonyl (C=O) groups is 2. The van der Waals surface area contributed by atoms with Crippen molar-refractivity contribution in [2.75, 3.05) is 13.7 Å². The summed E-state index contributed by atoms with van der Waals surface area (Å²) < 4.78 is 4.19. The molecule has 0 aromatic heterocycles. The average molecular weight is 174 g/mol. The average Bonchev–Trinajstić information content (AvgIpc) is 2.11. The van der Waals surface area contributed by atoms with Gasteiger partial charge in [0.1, 0.15) is 0 Å². The molecule has 70 valence electrons. The fourth-order valence-electron chi connectivity index (χ4n) is 0.533. The number of carbonyl (C=O) groups excluding carboxylic acids is 2. The summed E-state index contributed by atoms with van der Waals surface area (Å²) in [4.78, 5) is 21.3. The van der Waals surface area contributed by atoms with Crippen molar-refractivity contribution in [3.8, 4) is 0 Å². The Balaban J connectivity index is 3.64. The molecule has 0 saturated carbocycles. The minimum atomic E-state index is -0.890. The third kappa shape index (κ3) is 3.92. The van der Waals surface area contributed by atoms with E-state index >= 15 is 0 Å². The third-order valence-electron chi connectivity index (χ3n) is 1.42. The van der Waals surface area contributed by atoms with Crippen LogP contribution in [-0.2, 0) is 14.3 Å². The molecule has 1 amide bonds. The molecule has 0 aromatic carbocycles. The molecule has 0 aliphatic carbocycles. The Hall–Kier alpha value is -1.10. The molecule has 0 aromatic rings. The quantitative estimate of drug-likeness (QED) is 0.425. The molecule has 0 radical (unpaired) electrons. The monoisotopic (exact) mass is 174 g/mol. The standard InChI is InChI=1S/C7H14N2O3/c1-3-5(8)4-9-6(10)7(11)12-2/h5H,3-4,8H2,1-2H3,(H,9,10). The Labute approximate surface area is 71.3 Å². The van der Waals surface area contributed by atoms with Gasteiger partial charge >= 0.3 is 11.9 Å². The normalized spacial score (nSPS) is 11.9. The summed E-state index contributed by atoms with van der Waals surface area (Å²) in [7, 11) is 1.15. The zero-order chi connectivity index (χ0) is 9.56. The van der Waals surface area contributed by atoms with Gasteiger partial charge in [0.05, 0.1) is 7.11 Å². The van der Waals surface area contributed by atoms with Crippen LogP contribution in [0.1, 0.15) is 13.3 Å². The van der Waals surface area contributed by atoms with Gasteiger partial charge in [-0.15, -0.1) is 0 Å². The molecule has 0 heterocycles. The molecule has 0 spiro atoms. The summed E-state index contributed by atoms with van der Waals surface area (Å²) in [5.41, 5.74) is 5.50. The van der Waals surface area contributed by atoms with Gasteiger partial charge in [-0.25, -0.2) is 4.79 Å². The van der Waals surface area contributed by atoms with E-state index in [1.54, 1.807) is 0 Å². The minimum Gasteiger partial charge on any atom is -0.462 e. The van der Waals surface area contributed by atoms with Crippen LogP contribution in [-0.4, -0.2) is 31.6 Å². The van der Waals surface area contributed by atoms with Crippen LogP contribution < -0.4 is 11.1 Å². The van der Waals surface area contributed by atoms with Gasteiger partial charge in [0.15, 0.2) is 0 Å². The molecule has 12 heavy (non-hydrogen) atoms. The molecule has 1 unspecified atom stereocenters. The second kappa shape index (κ2) is 5.54. The summed E-state index contributed by atoms with van der Waals surface area (Å²) in [6, 6.07) is -0.112. The lowest BCUT2D eigenvalue weighted by Crippen LogP contribution is -2.40. The number of methoxy groups -OCH3 is 1. The first-order chi connectivity index (χ1) is 5.61. The molecule has 0 aliphatic rings. The van der Waals surface area contributed by atoms with Gasteiger partial charge in [-0.05, 0) is 6.42 Å². The Morgan fingerprint density at radius 2 is 2.17 bits per heavy atom. The zero-order valence-corrected chi connectivity index (χ0v) is 7.29. The second-order valence-electron chi connectivity index (χ2n) is 2.37. The van der Waals surface area contributed by atoms with Crippen molar-refractivity contribution in [1.82, 2.24) is 5.32 Å². The van der Waals surface area contributed by atoms with Gasteiger partial charge in [0.2, 0.25) is 0 Å². The first-order valence-corrected chi connectivity index (χ1v) is 3.73. The predicted octanol–water partition coefficient (Wildman–Crippen LogP) is -0.987. The fourth-order valence-corrected chi connectivity index (χ4v) is 0.533. The number of amides is 1. The lowest BCUT2D eigenvalue weighted by Gasteiger charge is -2.08. The van der Waals surface area contributed by atoms with E-state index in [9.17, 15) is 9.59 Å². The third-order valence-corrected chi connectivity index (χ3v) is 1.42. The highest BCUT2D eigenvalue weighted by molar-refractivity contribution is 6.32. The summed E-state index contributed by atoms with van der Waals surface area (Å²) in [6.45, 7) is 2.19. The molecule has 0 aliphatic heterocycles. The smallest absolute Gasteiger partial charge is 0.396 e. The van der Waals surface area contributed by atoms with Gasteiger partial charge in [-0.2, -0.15) is 0 Å². The number of hydrogen-bond acceptors (Lipinski definition) is 4. The Kier molecular flexibility index (Phi) is 5.03. The number of esters is 1. The molecule has 3 N–H and O–H groups in total. The van der Waals surface area contributed by atoms with Crippen LogP contribution in [0.2, 0.25) is 0 Å². The van der Waals surface area contributed by atoms with E-state index in [1.807, 2.05) is 6.92 Å². The number of rotatable bonds is 3. The molecule has 0 bridgehead atoms. The first-order valence-electron chi connectivity index (χ1n) is 3.73. The van der Waals surface area contributed by atoms with Gasteiger partial charge in [0, 0.05) is 12.6 Å². The molecular formula is C7H14N2O3. The van der Waals surface area contributed by atoms with Gasteiger partial charge in [-0.3, -0.25) is 4.79 Å². The lowest BCUT2D eigenvalue weighted by atomic mass is 10.2. The molecular weight excluding hydrogens is 160 g/mol. The zero-order valence-electron chi connectivity index (χ0n) is 7.29. The van der Waals surface area contributed by atoms with E-state index in [0.29, 0.717) is 6.54 Å². The van der Waals surface area contributed by atoms with Crippen LogP contribution in [0.25, 0.3) is 0 Å². The molecule has 5 nitrogen and oxygen atoms in total. The fraction of sp³-hybridized carbons (Fsp3) is 0.714. The maximum atomic E-state index is 10.8. The summed E-state index contributed by atoms with van der Waals surface area (Å²) >= 11 is 0. The Morgan fingerprint density at radius 3 is 2.58 bits per heavy atom. The summed E-state index contributed by atoms with van der Waals surface area (Å²) in [5, 5.41) is 2.35. The van der Waals surface area contributed by atoms with E-state index in [4.69, 9.17) is 5.73 Å². The molecule has 1 atom stereocenters. The van der Waals surface area contributed by atoms with E-state index in [2.05, 4.69) is 10.1 Å². The number of nitrogens with one attached hydrogen (secondary N) is 1. The van der Waals surface area contributed by atoms with Crippen molar-refractivity contribution >= 4 is 11.9 Å². The van der Waals surface area contributed by atoms with E-state index in [0.717, 1.165) is 13.5 Å². The van der Waals surface area contributed by atoms with E-state index in [-0.39, 0.29) is 6.04 Å². The van der Waals surface area contributed by atoms with Crippen molar-refractivity contribution < 1.29 is 14.3 Å². The largest absolute Gasteiger partial charge is 0.462 e. The van der Waals surface area contributed by atoms with Crippen LogP contribution >= 0.6 is 0 Å². The summed E-state index contributed by atoms with van der Waals surface area (Å²) in [5.74, 6) is -1.64. The van der Waals surface area contributed by atoms with E-state index in [1.165, 1.54) is 0 Å². The number of nitrogens with two attached hydrogens (primary N) is 1. The SMILES string of the molecule is CCC(N)CNC(=O)C(=O)OC. The van der Waals surface area contributed by atoms with Crippen molar-refractivity contribution in [2.24, 2.45) is 5.73 Å². The van der Waals surface area contributed by atoms with E-state index < -0.39 is 11.9 Å². The highest BCUT2D eigenvalue weighted by Gasteiger charge is 2.13. The Bertz CT molecular complexity index is 170. The Morgan fingerprint density at radius 1 is 1.58 bits per heavy atom. The maximum absolute atomic E-state index is 10.8. The van der Waals surface area contributed by atoms with Crippen LogP contribution in [0, 0.1) is 0 Å². The van der Waals surface area contributed by atoms with Crippen LogP contribution in [0.5, 0.6) is 0 Å². The van der Waals surface area contributed by atoms with Gasteiger partial charge in [-0.1, -0.05) is 6.92 Å². The number of hydrogen-bond donors (Lipinski definition) is 2. The summed E-state index contributed by atoms with van der Waals surface area (Å²) in [6.07, 6.45) is 0.751. The second-order valence-corrected chi connectivity index (χ2v) is 2.37. The van der Waals surface area contributed by atoms with Crippen molar-refractivity contribution in [2.45, 2.75) is 19.4 Å². The maximum Gasteiger partial charge on any atom is 0.396 e. The van der Waals surface area contributed by atoms with Crippen LogP contribution in [0.3, 0.4) is 0 Å². The molecule has 0 fully saturated rings. The highest BCUT2D eigenvalue weighted by Crippen LogP contribution is 1.82. The number of ether oxygens (including phenoxy) is 1. The van der Waals surface area contributed by atoms with Crippen molar-refractivity contribution in [1.29, 1.82) is 0 Å². The van der Waals surface area contributed by atoms with Crippen LogP contribution in [0.4, 0.5) is 0 Å². The van der Waals surface area contributed by atoms with Crippen molar-refractivity contribution in [3.63, 3.8) is 0 Å². The highest BCUT2D eigenvalue weighted by atomic mass is 16.5.